The van der Waals surface area contributed by atoms with E-state index in [9.17, 15) is 4.79 Å². The summed E-state index contributed by atoms with van der Waals surface area (Å²) in [4.78, 5) is 16.7. The summed E-state index contributed by atoms with van der Waals surface area (Å²) in [6.07, 6.45) is 2.19. The number of ether oxygens (including phenoxy) is 1. The van der Waals surface area contributed by atoms with Crippen molar-refractivity contribution in [2.45, 2.75) is 38.8 Å². The monoisotopic (exact) mass is 342 g/mol. The first-order valence-electron chi connectivity index (χ1n) is 7.59. The van der Waals surface area contributed by atoms with Crippen LogP contribution in [0.4, 0.5) is 0 Å². The lowest BCUT2D eigenvalue weighted by Crippen LogP contribution is -2.49. The molecule has 2 atom stereocenters. The lowest BCUT2D eigenvalue weighted by Gasteiger charge is -2.38. The Balaban J connectivity index is 0.00000176. The van der Waals surface area contributed by atoms with Crippen molar-refractivity contribution in [1.82, 2.24) is 9.88 Å². The molecule has 0 amide bonds. The maximum atomic E-state index is 11.3. The van der Waals surface area contributed by atoms with Crippen LogP contribution in [0.3, 0.4) is 0 Å². The first-order valence-corrected chi connectivity index (χ1v) is 8.40. The fourth-order valence-electron chi connectivity index (χ4n) is 3.09. The number of aromatic amines is 1. The third-order valence-electron chi connectivity index (χ3n) is 4.22. The third-order valence-corrected chi connectivity index (χ3v) is 5.06. The zero-order chi connectivity index (χ0) is 14.8. The fraction of sp³-hybridized carbons (Fsp3) is 0.562. The van der Waals surface area contributed by atoms with Crippen LogP contribution >= 0.6 is 23.7 Å². The average molecular weight is 343 g/mol. The first-order chi connectivity index (χ1) is 10.1. The largest absolute Gasteiger partial charge is 0.378 e. The first kappa shape index (κ1) is 17.5. The van der Waals surface area contributed by atoms with Crippen LogP contribution in [-0.2, 0) is 11.2 Å². The molecule has 1 aromatic carbocycles. The maximum absolute atomic E-state index is 11.3. The van der Waals surface area contributed by atoms with E-state index in [-0.39, 0.29) is 17.3 Å². The van der Waals surface area contributed by atoms with Gasteiger partial charge in [-0.3, -0.25) is 9.69 Å². The number of hydrogen-bond donors (Lipinski definition) is 1. The Bertz CT molecular complexity index is 659. The second-order valence-electron chi connectivity index (χ2n) is 5.92. The van der Waals surface area contributed by atoms with E-state index in [1.165, 1.54) is 16.9 Å². The molecular formula is C16H23ClN2O2S. The summed E-state index contributed by atoms with van der Waals surface area (Å²) in [6, 6.07) is 7.29. The number of halogens is 1. The van der Waals surface area contributed by atoms with Crippen LogP contribution < -0.4 is 4.87 Å². The van der Waals surface area contributed by atoms with Gasteiger partial charge in [0, 0.05) is 12.1 Å². The Labute approximate surface area is 140 Å². The van der Waals surface area contributed by atoms with Gasteiger partial charge < -0.3 is 9.72 Å². The second kappa shape index (κ2) is 7.59. The Hall–Kier alpha value is -0.880. The summed E-state index contributed by atoms with van der Waals surface area (Å²) >= 11 is 1.29. The van der Waals surface area contributed by atoms with Crippen LogP contribution in [0.25, 0.3) is 10.2 Å². The summed E-state index contributed by atoms with van der Waals surface area (Å²) in [5.74, 6) is 0. The number of H-pyrrole nitrogens is 1. The minimum atomic E-state index is 0. The van der Waals surface area contributed by atoms with Crippen molar-refractivity contribution < 1.29 is 4.74 Å². The van der Waals surface area contributed by atoms with Gasteiger partial charge in [0.15, 0.2) is 0 Å². The number of benzene rings is 1. The molecule has 22 heavy (non-hydrogen) atoms. The molecule has 1 aromatic heterocycles. The zero-order valence-corrected chi connectivity index (χ0v) is 14.6. The standard InChI is InChI=1S/C16H22N2O2S.ClH/c1-11-9-20-10-12(2)18(11)7-3-4-13-5-6-14-15(8-13)21-16(19)17-14;/h5-6,8,11-12H,3-4,7,9-10H2,1-2H3,(H,17,19);1H. The molecule has 4 nitrogen and oxygen atoms in total. The van der Waals surface area contributed by atoms with Gasteiger partial charge in [0.2, 0.25) is 0 Å². The number of aromatic nitrogens is 1. The number of morpholine rings is 1. The van der Waals surface area contributed by atoms with Crippen LogP contribution in [0.5, 0.6) is 0 Å². The van der Waals surface area contributed by atoms with Crippen molar-refractivity contribution >= 4 is 34.0 Å². The van der Waals surface area contributed by atoms with Gasteiger partial charge in [-0.2, -0.15) is 0 Å². The Morgan fingerprint density at radius 3 is 2.77 bits per heavy atom. The summed E-state index contributed by atoms with van der Waals surface area (Å²) in [7, 11) is 0. The van der Waals surface area contributed by atoms with E-state index in [4.69, 9.17) is 4.74 Å². The Kier molecular flexibility index (Phi) is 6.03. The molecule has 0 saturated carbocycles. The molecule has 1 fully saturated rings. The van der Waals surface area contributed by atoms with Gasteiger partial charge in [-0.05, 0) is 50.9 Å². The van der Waals surface area contributed by atoms with Gasteiger partial charge in [0.05, 0.1) is 23.4 Å². The van der Waals surface area contributed by atoms with E-state index >= 15 is 0 Å². The highest BCUT2D eigenvalue weighted by molar-refractivity contribution is 7.16. The molecule has 0 radical (unpaired) electrons. The SMILES string of the molecule is CC1COCC(C)N1CCCc1ccc2[nH]c(=O)sc2c1.Cl. The smallest absolute Gasteiger partial charge is 0.305 e. The normalized spacial score (nSPS) is 22.6. The number of aryl methyl sites for hydroxylation is 1. The second-order valence-corrected chi connectivity index (χ2v) is 6.94. The van der Waals surface area contributed by atoms with Crippen molar-refractivity contribution in [3.63, 3.8) is 0 Å². The van der Waals surface area contributed by atoms with Crippen LogP contribution in [0.1, 0.15) is 25.8 Å². The molecule has 2 aromatic rings. The van der Waals surface area contributed by atoms with E-state index in [2.05, 4.69) is 35.9 Å². The van der Waals surface area contributed by atoms with Crippen molar-refractivity contribution in [1.29, 1.82) is 0 Å². The maximum Gasteiger partial charge on any atom is 0.305 e. The van der Waals surface area contributed by atoms with E-state index in [0.29, 0.717) is 12.1 Å². The van der Waals surface area contributed by atoms with Gasteiger partial charge in [-0.15, -0.1) is 12.4 Å². The lowest BCUT2D eigenvalue weighted by atomic mass is 10.1. The molecule has 0 aliphatic carbocycles. The number of hydrogen-bond acceptors (Lipinski definition) is 4. The molecule has 122 valence electrons. The average Bonchev–Trinajstić information content (AvgIpc) is 2.81. The molecule has 1 aliphatic rings. The van der Waals surface area contributed by atoms with E-state index in [1.54, 1.807) is 0 Å². The molecular weight excluding hydrogens is 320 g/mol. The molecule has 0 spiro atoms. The van der Waals surface area contributed by atoms with Crippen molar-refractivity contribution in [3.8, 4) is 0 Å². The Morgan fingerprint density at radius 2 is 2.05 bits per heavy atom. The molecule has 2 heterocycles. The van der Waals surface area contributed by atoms with Crippen LogP contribution in [-0.4, -0.2) is 41.7 Å². The topological polar surface area (TPSA) is 45.3 Å². The summed E-state index contributed by atoms with van der Waals surface area (Å²) in [6.45, 7) is 7.26. The van der Waals surface area contributed by atoms with Crippen LogP contribution in [0.15, 0.2) is 23.0 Å². The predicted octanol–water partition coefficient (Wildman–Crippen LogP) is 3.05. The van der Waals surface area contributed by atoms with Crippen molar-refractivity contribution in [3.05, 3.63) is 33.4 Å². The van der Waals surface area contributed by atoms with Gasteiger partial charge in [-0.25, -0.2) is 0 Å². The number of thiazole rings is 1. The van der Waals surface area contributed by atoms with E-state index in [0.717, 1.165) is 42.8 Å². The number of fused-ring (bicyclic) bond motifs is 1. The molecule has 2 unspecified atom stereocenters. The quantitative estimate of drug-likeness (QED) is 0.928. The summed E-state index contributed by atoms with van der Waals surface area (Å²) in [5, 5.41) is 0. The van der Waals surface area contributed by atoms with Gasteiger partial charge in [0.1, 0.15) is 0 Å². The molecule has 1 aliphatic heterocycles. The highest BCUT2D eigenvalue weighted by Gasteiger charge is 2.24. The van der Waals surface area contributed by atoms with Crippen LogP contribution in [0.2, 0.25) is 0 Å². The molecule has 1 saturated heterocycles. The summed E-state index contributed by atoms with van der Waals surface area (Å²) in [5.41, 5.74) is 2.26. The van der Waals surface area contributed by atoms with Gasteiger partial charge >= 0.3 is 4.87 Å². The minimum absolute atomic E-state index is 0. The van der Waals surface area contributed by atoms with Crippen molar-refractivity contribution in [2.75, 3.05) is 19.8 Å². The Morgan fingerprint density at radius 1 is 1.32 bits per heavy atom. The van der Waals surface area contributed by atoms with E-state index < -0.39 is 0 Å². The molecule has 0 bridgehead atoms. The molecule has 3 rings (SSSR count). The highest BCUT2D eigenvalue weighted by atomic mass is 35.5. The van der Waals surface area contributed by atoms with Gasteiger partial charge in [-0.1, -0.05) is 17.4 Å². The lowest BCUT2D eigenvalue weighted by molar-refractivity contribution is -0.0368. The third kappa shape index (κ3) is 3.90. The number of nitrogens with one attached hydrogen (secondary N) is 1. The van der Waals surface area contributed by atoms with Gasteiger partial charge in [0.25, 0.3) is 0 Å². The number of nitrogens with zero attached hydrogens (tertiary/aromatic N) is 1. The number of rotatable bonds is 4. The highest BCUT2D eigenvalue weighted by Crippen LogP contribution is 2.18. The van der Waals surface area contributed by atoms with Crippen molar-refractivity contribution in [2.24, 2.45) is 0 Å². The van der Waals surface area contributed by atoms with E-state index in [1.807, 2.05) is 6.07 Å². The molecule has 6 heteroatoms. The predicted molar refractivity (Wildman–Crippen MR) is 94.5 cm³/mol. The molecule has 1 N–H and O–H groups in total. The minimum Gasteiger partial charge on any atom is -0.378 e. The van der Waals surface area contributed by atoms with Crippen LogP contribution in [0, 0.1) is 0 Å². The fourth-order valence-corrected chi connectivity index (χ4v) is 3.89. The zero-order valence-electron chi connectivity index (χ0n) is 13.0. The summed E-state index contributed by atoms with van der Waals surface area (Å²) < 4.78 is 6.63.